The van der Waals surface area contributed by atoms with Gasteiger partial charge in [-0.05, 0) is 32.6 Å². The minimum Gasteiger partial charge on any atom is -0.355 e. The topological polar surface area (TPSA) is 73.8 Å². The molecule has 0 amide bonds. The number of rotatable bonds is 6. The summed E-state index contributed by atoms with van der Waals surface area (Å²) >= 11 is 0. The summed E-state index contributed by atoms with van der Waals surface area (Å²) in [6.07, 6.45) is 3.52. The van der Waals surface area contributed by atoms with Crippen LogP contribution >= 0.6 is 0 Å². The van der Waals surface area contributed by atoms with Crippen molar-refractivity contribution in [2.75, 3.05) is 32.4 Å². The van der Waals surface area contributed by atoms with Crippen LogP contribution in [0.4, 0.5) is 0 Å². The molecule has 7 heteroatoms. The van der Waals surface area contributed by atoms with E-state index in [4.69, 9.17) is 0 Å². The minimum atomic E-state index is -3.21. The first-order chi connectivity index (χ1) is 10.6. The molecule has 2 fully saturated rings. The number of aliphatic imine (C=N–C) groups is 1. The molecular formula is C16H32N4O2S. The average Bonchev–Trinajstić information content (AvgIpc) is 2.39. The van der Waals surface area contributed by atoms with Gasteiger partial charge in [0.05, 0.1) is 5.75 Å². The Hall–Kier alpha value is -0.820. The van der Waals surface area contributed by atoms with Crippen LogP contribution in [0.25, 0.3) is 0 Å². The zero-order chi connectivity index (χ0) is 17.3. The first-order valence-corrected chi connectivity index (χ1v) is 10.2. The zero-order valence-electron chi connectivity index (χ0n) is 15.1. The molecule has 0 aromatic rings. The number of nitrogens with one attached hydrogen (secondary N) is 2. The molecule has 6 nitrogen and oxygen atoms in total. The maximum Gasteiger partial charge on any atom is 0.213 e. The molecule has 0 aromatic carbocycles. The van der Waals surface area contributed by atoms with Crippen LogP contribution in [0, 0.1) is 11.3 Å². The molecule has 0 bridgehead atoms. The number of nitrogens with zero attached hydrogens (tertiary/aromatic N) is 2. The molecule has 0 spiro atoms. The van der Waals surface area contributed by atoms with Crippen LogP contribution in [-0.2, 0) is 10.0 Å². The van der Waals surface area contributed by atoms with Gasteiger partial charge in [-0.15, -0.1) is 0 Å². The highest BCUT2D eigenvalue weighted by Crippen LogP contribution is 2.46. The Morgan fingerprint density at radius 2 is 1.91 bits per heavy atom. The maximum absolute atomic E-state index is 12.0. The van der Waals surface area contributed by atoms with E-state index in [0.717, 1.165) is 25.3 Å². The van der Waals surface area contributed by atoms with Crippen LogP contribution in [0.2, 0.25) is 0 Å². The standard InChI is InChI=1S/C16H32N4O2S/c1-15(2)12-20(16(15,3)4)14(17-5)18-9-10-23(21,22)19-11-13-7-6-8-13/h13,19H,6-12H2,1-5H3,(H,17,18). The molecule has 1 aliphatic carbocycles. The SMILES string of the molecule is CN=C(NCCS(=O)(=O)NCC1CCC1)N1CC(C)(C)C1(C)C. The van der Waals surface area contributed by atoms with Crippen LogP contribution in [0.1, 0.15) is 47.0 Å². The summed E-state index contributed by atoms with van der Waals surface area (Å²) in [5, 5.41) is 3.19. The zero-order valence-corrected chi connectivity index (χ0v) is 16.0. The van der Waals surface area contributed by atoms with Gasteiger partial charge in [0.1, 0.15) is 0 Å². The number of hydrogen-bond donors (Lipinski definition) is 2. The fourth-order valence-corrected chi connectivity index (χ4v) is 4.01. The van der Waals surface area contributed by atoms with Crippen molar-refractivity contribution in [3.05, 3.63) is 0 Å². The predicted octanol–water partition coefficient (Wildman–Crippen LogP) is 1.40. The highest BCUT2D eigenvalue weighted by atomic mass is 32.2. The van der Waals surface area contributed by atoms with Crippen LogP contribution in [-0.4, -0.2) is 57.3 Å². The molecule has 1 saturated heterocycles. The van der Waals surface area contributed by atoms with E-state index < -0.39 is 10.0 Å². The normalized spacial score (nSPS) is 24.0. The highest BCUT2D eigenvalue weighted by molar-refractivity contribution is 7.89. The summed E-state index contributed by atoms with van der Waals surface area (Å²) in [5.41, 5.74) is 0.233. The second-order valence-electron chi connectivity index (χ2n) is 7.97. The molecule has 1 aliphatic heterocycles. The van der Waals surface area contributed by atoms with Gasteiger partial charge in [-0.2, -0.15) is 0 Å². The Kier molecular flexibility index (Phi) is 5.31. The highest BCUT2D eigenvalue weighted by Gasteiger charge is 2.53. The van der Waals surface area contributed by atoms with Gasteiger partial charge in [0, 0.05) is 37.6 Å². The summed E-state index contributed by atoms with van der Waals surface area (Å²) in [5.74, 6) is 1.40. The smallest absolute Gasteiger partial charge is 0.213 e. The quantitative estimate of drug-likeness (QED) is 0.564. The van der Waals surface area contributed by atoms with Gasteiger partial charge >= 0.3 is 0 Å². The number of guanidine groups is 1. The monoisotopic (exact) mass is 344 g/mol. The van der Waals surface area contributed by atoms with Gasteiger partial charge in [0.25, 0.3) is 0 Å². The molecule has 23 heavy (non-hydrogen) atoms. The second kappa shape index (κ2) is 6.59. The summed E-state index contributed by atoms with van der Waals surface area (Å²) in [4.78, 5) is 6.51. The van der Waals surface area contributed by atoms with E-state index in [1.165, 1.54) is 6.42 Å². The second-order valence-corrected chi connectivity index (χ2v) is 9.89. The summed E-state index contributed by atoms with van der Waals surface area (Å²) in [6, 6.07) is 0. The molecule has 1 saturated carbocycles. The van der Waals surface area contributed by atoms with E-state index in [2.05, 4.69) is 47.6 Å². The molecular weight excluding hydrogens is 312 g/mol. The number of likely N-dealkylation sites (tertiary alicyclic amines) is 1. The molecule has 2 rings (SSSR count). The lowest BCUT2D eigenvalue weighted by Crippen LogP contribution is -2.72. The Bertz CT molecular complexity index is 550. The lowest BCUT2D eigenvalue weighted by atomic mass is 9.65. The molecule has 134 valence electrons. The van der Waals surface area contributed by atoms with E-state index in [-0.39, 0.29) is 16.7 Å². The molecule has 0 atom stereocenters. The third-order valence-corrected chi connectivity index (χ3v) is 7.17. The first-order valence-electron chi connectivity index (χ1n) is 8.55. The van der Waals surface area contributed by atoms with Gasteiger partial charge in [0.2, 0.25) is 10.0 Å². The lowest BCUT2D eigenvalue weighted by Gasteiger charge is -2.62. The van der Waals surface area contributed by atoms with Crippen molar-refractivity contribution in [2.24, 2.45) is 16.3 Å². The van der Waals surface area contributed by atoms with Crippen LogP contribution in [0.3, 0.4) is 0 Å². The lowest BCUT2D eigenvalue weighted by molar-refractivity contribution is -0.0666. The molecule has 0 unspecified atom stereocenters. The van der Waals surface area contributed by atoms with E-state index in [0.29, 0.717) is 19.0 Å². The van der Waals surface area contributed by atoms with Crippen molar-refractivity contribution < 1.29 is 8.42 Å². The van der Waals surface area contributed by atoms with E-state index in [1.807, 2.05) is 0 Å². The van der Waals surface area contributed by atoms with Crippen LogP contribution in [0.15, 0.2) is 4.99 Å². The van der Waals surface area contributed by atoms with Crippen LogP contribution in [0.5, 0.6) is 0 Å². The maximum atomic E-state index is 12.0. The Morgan fingerprint density at radius 3 is 2.35 bits per heavy atom. The number of hydrogen-bond acceptors (Lipinski definition) is 3. The number of sulfonamides is 1. The fraction of sp³-hybridized carbons (Fsp3) is 0.938. The summed E-state index contributed by atoms with van der Waals surface area (Å²) < 4.78 is 26.8. The van der Waals surface area contributed by atoms with Gasteiger partial charge in [-0.1, -0.05) is 20.3 Å². The van der Waals surface area contributed by atoms with Gasteiger partial charge in [0.15, 0.2) is 5.96 Å². The molecule has 2 N–H and O–H groups in total. The first kappa shape index (κ1) is 18.5. The molecule has 0 radical (unpaired) electrons. The summed E-state index contributed by atoms with van der Waals surface area (Å²) in [7, 11) is -1.47. The van der Waals surface area contributed by atoms with E-state index >= 15 is 0 Å². The van der Waals surface area contributed by atoms with Crippen molar-refractivity contribution in [1.82, 2.24) is 14.9 Å². The average molecular weight is 345 g/mol. The Labute approximate surface area is 141 Å². The van der Waals surface area contributed by atoms with Crippen molar-refractivity contribution in [3.8, 4) is 0 Å². The van der Waals surface area contributed by atoms with Crippen molar-refractivity contribution in [1.29, 1.82) is 0 Å². The predicted molar refractivity (Wildman–Crippen MR) is 95.1 cm³/mol. The Balaban J connectivity index is 1.78. The van der Waals surface area contributed by atoms with Crippen molar-refractivity contribution in [3.63, 3.8) is 0 Å². The van der Waals surface area contributed by atoms with Gasteiger partial charge in [-0.3, -0.25) is 4.99 Å². The summed E-state index contributed by atoms with van der Waals surface area (Å²) in [6.45, 7) is 10.8. The molecule has 1 heterocycles. The van der Waals surface area contributed by atoms with Crippen LogP contribution < -0.4 is 10.0 Å². The Morgan fingerprint density at radius 1 is 1.26 bits per heavy atom. The van der Waals surface area contributed by atoms with Gasteiger partial charge < -0.3 is 10.2 Å². The van der Waals surface area contributed by atoms with Gasteiger partial charge in [-0.25, -0.2) is 13.1 Å². The largest absolute Gasteiger partial charge is 0.355 e. The van der Waals surface area contributed by atoms with Crippen molar-refractivity contribution >= 4 is 16.0 Å². The third kappa shape index (κ3) is 3.99. The van der Waals surface area contributed by atoms with E-state index in [9.17, 15) is 8.42 Å². The fourth-order valence-electron chi connectivity index (χ4n) is 3.01. The minimum absolute atomic E-state index is 0.0101. The molecule has 2 aliphatic rings. The van der Waals surface area contributed by atoms with E-state index in [1.54, 1.807) is 7.05 Å². The third-order valence-electron chi connectivity index (χ3n) is 5.82. The van der Waals surface area contributed by atoms with Crippen molar-refractivity contribution in [2.45, 2.75) is 52.5 Å². The molecule has 0 aromatic heterocycles.